The number of hydrogen-bond acceptors (Lipinski definition) is 1. The molecule has 7 heteroatoms. The van der Waals surface area contributed by atoms with Crippen molar-refractivity contribution in [3.63, 3.8) is 0 Å². The lowest BCUT2D eigenvalue weighted by Gasteiger charge is -2.33. The minimum atomic E-state index is -4.20. The van der Waals surface area contributed by atoms with Crippen molar-refractivity contribution in [2.24, 2.45) is 5.92 Å². The Morgan fingerprint density at radius 1 is 1.20 bits per heavy atom. The van der Waals surface area contributed by atoms with E-state index in [2.05, 4.69) is 0 Å². The van der Waals surface area contributed by atoms with Crippen molar-refractivity contribution in [3.8, 4) is 0 Å². The van der Waals surface area contributed by atoms with E-state index in [1.165, 1.54) is 17.0 Å². The number of amides is 1. The SMILES string of the molecule is O=C(c1cc(F)cc(I)c1)N1CCC(C(F)(F)F)CC1. The van der Waals surface area contributed by atoms with Crippen molar-refractivity contribution in [2.45, 2.75) is 19.0 Å². The Bertz CT molecular complexity index is 489. The molecule has 0 atom stereocenters. The van der Waals surface area contributed by atoms with Crippen LogP contribution in [0.4, 0.5) is 17.6 Å². The Hall–Kier alpha value is -0.860. The summed E-state index contributed by atoms with van der Waals surface area (Å²) in [5.74, 6) is -2.28. The second-order valence-corrected chi connectivity index (χ2v) is 6.01. The lowest BCUT2D eigenvalue weighted by molar-refractivity contribution is -0.183. The van der Waals surface area contributed by atoms with Crippen LogP contribution in [0, 0.1) is 15.3 Å². The van der Waals surface area contributed by atoms with E-state index in [-0.39, 0.29) is 31.5 Å². The lowest BCUT2D eigenvalue weighted by atomic mass is 9.96. The number of benzene rings is 1. The van der Waals surface area contributed by atoms with Gasteiger partial charge in [-0.3, -0.25) is 4.79 Å². The van der Waals surface area contributed by atoms with E-state index in [0.29, 0.717) is 3.57 Å². The number of hydrogen-bond donors (Lipinski definition) is 0. The molecule has 2 nitrogen and oxygen atoms in total. The molecule has 0 radical (unpaired) electrons. The van der Waals surface area contributed by atoms with E-state index < -0.39 is 23.8 Å². The molecule has 1 saturated heterocycles. The van der Waals surface area contributed by atoms with Gasteiger partial charge in [0.05, 0.1) is 5.92 Å². The molecule has 0 aliphatic carbocycles. The van der Waals surface area contributed by atoms with Crippen molar-refractivity contribution >= 4 is 28.5 Å². The van der Waals surface area contributed by atoms with Gasteiger partial charge < -0.3 is 4.90 Å². The summed E-state index contributed by atoms with van der Waals surface area (Å²) in [6.45, 7) is 0.103. The molecule has 0 bridgehead atoms. The molecule has 1 amide bonds. The van der Waals surface area contributed by atoms with Crippen LogP contribution in [-0.2, 0) is 0 Å². The summed E-state index contributed by atoms with van der Waals surface area (Å²) in [7, 11) is 0. The van der Waals surface area contributed by atoms with E-state index in [1.54, 1.807) is 0 Å². The largest absolute Gasteiger partial charge is 0.391 e. The quantitative estimate of drug-likeness (QED) is 0.518. The fourth-order valence-corrected chi connectivity index (χ4v) is 2.90. The summed E-state index contributed by atoms with van der Waals surface area (Å²) in [6.07, 6.45) is -4.40. The Balaban J connectivity index is 2.05. The lowest BCUT2D eigenvalue weighted by Crippen LogP contribution is -2.42. The summed E-state index contributed by atoms with van der Waals surface area (Å²) in [5.41, 5.74) is 0.180. The highest BCUT2D eigenvalue weighted by Gasteiger charge is 2.41. The average Bonchev–Trinajstić information content (AvgIpc) is 2.36. The first-order chi connectivity index (χ1) is 9.27. The third-order valence-electron chi connectivity index (χ3n) is 3.35. The van der Waals surface area contributed by atoms with Gasteiger partial charge in [-0.2, -0.15) is 13.2 Å². The summed E-state index contributed by atoms with van der Waals surface area (Å²) in [5, 5.41) is 0. The topological polar surface area (TPSA) is 20.3 Å². The fraction of sp³-hybridized carbons (Fsp3) is 0.462. The predicted octanol–water partition coefficient (Wildman–Crippen LogP) is 3.84. The summed E-state index contributed by atoms with van der Waals surface area (Å²) in [4.78, 5) is 13.5. The van der Waals surface area contributed by atoms with Crippen LogP contribution in [0.15, 0.2) is 18.2 Å². The van der Waals surface area contributed by atoms with Crippen LogP contribution in [-0.4, -0.2) is 30.1 Å². The van der Waals surface area contributed by atoms with Crippen molar-refractivity contribution in [1.82, 2.24) is 4.90 Å². The van der Waals surface area contributed by atoms with E-state index in [9.17, 15) is 22.4 Å². The van der Waals surface area contributed by atoms with Crippen LogP contribution in [0.1, 0.15) is 23.2 Å². The predicted molar refractivity (Wildman–Crippen MR) is 73.8 cm³/mol. The molecule has 1 aromatic rings. The molecule has 1 heterocycles. The van der Waals surface area contributed by atoms with Crippen molar-refractivity contribution in [2.75, 3.05) is 13.1 Å². The molecular formula is C13H12F4INO. The molecule has 0 saturated carbocycles. The van der Waals surface area contributed by atoms with Gasteiger partial charge in [0.25, 0.3) is 5.91 Å². The van der Waals surface area contributed by atoms with Gasteiger partial charge in [0.15, 0.2) is 0 Å². The smallest absolute Gasteiger partial charge is 0.339 e. The van der Waals surface area contributed by atoms with E-state index in [0.717, 1.165) is 6.07 Å². The Morgan fingerprint density at radius 2 is 1.80 bits per heavy atom. The van der Waals surface area contributed by atoms with Crippen molar-refractivity contribution < 1.29 is 22.4 Å². The molecule has 2 rings (SSSR count). The average molecular weight is 401 g/mol. The van der Waals surface area contributed by atoms with Gasteiger partial charge in [0.1, 0.15) is 5.82 Å². The zero-order chi connectivity index (χ0) is 14.9. The monoisotopic (exact) mass is 401 g/mol. The highest BCUT2D eigenvalue weighted by molar-refractivity contribution is 14.1. The maximum Gasteiger partial charge on any atom is 0.391 e. The molecule has 0 unspecified atom stereocenters. The molecule has 20 heavy (non-hydrogen) atoms. The number of rotatable bonds is 1. The Morgan fingerprint density at radius 3 is 2.30 bits per heavy atom. The Labute approximate surface area is 127 Å². The maximum absolute atomic E-state index is 13.2. The second kappa shape index (κ2) is 5.87. The maximum atomic E-state index is 13.2. The number of piperidine rings is 1. The van der Waals surface area contributed by atoms with E-state index in [1.807, 2.05) is 22.6 Å². The fourth-order valence-electron chi connectivity index (χ4n) is 2.27. The van der Waals surface area contributed by atoms with Gasteiger partial charge in [-0.1, -0.05) is 0 Å². The highest BCUT2D eigenvalue weighted by atomic mass is 127. The van der Waals surface area contributed by atoms with Crippen LogP contribution in [0.3, 0.4) is 0 Å². The number of alkyl halides is 3. The van der Waals surface area contributed by atoms with Gasteiger partial charge in [0.2, 0.25) is 0 Å². The molecule has 1 aromatic carbocycles. The van der Waals surface area contributed by atoms with Crippen molar-refractivity contribution in [3.05, 3.63) is 33.1 Å². The Kier molecular flexibility index (Phi) is 4.55. The first-order valence-electron chi connectivity index (χ1n) is 6.09. The second-order valence-electron chi connectivity index (χ2n) is 4.77. The van der Waals surface area contributed by atoms with Gasteiger partial charge in [-0.05, 0) is 53.6 Å². The van der Waals surface area contributed by atoms with Crippen LogP contribution >= 0.6 is 22.6 Å². The van der Waals surface area contributed by atoms with Crippen LogP contribution in [0.2, 0.25) is 0 Å². The van der Waals surface area contributed by atoms with Crippen LogP contribution in [0.25, 0.3) is 0 Å². The molecule has 1 aliphatic heterocycles. The third-order valence-corrected chi connectivity index (χ3v) is 3.98. The van der Waals surface area contributed by atoms with E-state index >= 15 is 0 Å². The minimum Gasteiger partial charge on any atom is -0.339 e. The third kappa shape index (κ3) is 3.62. The molecule has 1 fully saturated rings. The summed E-state index contributed by atoms with van der Waals surface area (Å²) in [6, 6.07) is 3.93. The highest BCUT2D eigenvalue weighted by Crippen LogP contribution is 2.34. The molecule has 110 valence electrons. The zero-order valence-corrected chi connectivity index (χ0v) is 12.5. The van der Waals surface area contributed by atoms with E-state index in [4.69, 9.17) is 0 Å². The zero-order valence-electron chi connectivity index (χ0n) is 10.4. The molecule has 0 aromatic heterocycles. The number of carbonyl (C=O) groups excluding carboxylic acids is 1. The number of likely N-dealkylation sites (tertiary alicyclic amines) is 1. The normalized spacial score (nSPS) is 17.4. The standard InChI is InChI=1S/C13H12F4INO/c14-10-5-8(6-11(18)7-10)12(20)19-3-1-9(2-4-19)13(15,16)17/h5-7,9H,1-4H2. The van der Waals surface area contributed by atoms with Gasteiger partial charge in [-0.25, -0.2) is 4.39 Å². The molecule has 0 N–H and O–H groups in total. The number of nitrogens with zero attached hydrogens (tertiary/aromatic N) is 1. The molecular weight excluding hydrogens is 389 g/mol. The summed E-state index contributed by atoms with van der Waals surface area (Å²) >= 11 is 1.89. The van der Waals surface area contributed by atoms with Crippen LogP contribution in [0.5, 0.6) is 0 Å². The number of halogens is 5. The summed E-state index contributed by atoms with van der Waals surface area (Å²) < 4.78 is 51.5. The molecule has 1 aliphatic rings. The molecule has 0 spiro atoms. The number of carbonyl (C=O) groups is 1. The van der Waals surface area contributed by atoms with Crippen molar-refractivity contribution in [1.29, 1.82) is 0 Å². The van der Waals surface area contributed by atoms with Gasteiger partial charge in [-0.15, -0.1) is 0 Å². The van der Waals surface area contributed by atoms with Gasteiger partial charge in [0, 0.05) is 22.2 Å². The first-order valence-corrected chi connectivity index (χ1v) is 7.17. The van der Waals surface area contributed by atoms with Crippen LogP contribution < -0.4 is 0 Å². The first kappa shape index (κ1) is 15.5. The minimum absolute atomic E-state index is 0.0517. The van der Waals surface area contributed by atoms with Gasteiger partial charge >= 0.3 is 6.18 Å².